The molecule has 0 radical (unpaired) electrons. The zero-order chi connectivity index (χ0) is 13.7. The number of aliphatic hydroxyl groups is 1. The number of allylic oxidation sites excluding steroid dienone is 1. The molecule has 96 valence electrons. The highest BCUT2D eigenvalue weighted by Gasteiger charge is 2.38. The van der Waals surface area contributed by atoms with Crippen LogP contribution in [0.15, 0.2) is 41.2 Å². The Labute approximate surface area is 108 Å². The number of aromatic hydroxyl groups is 1. The summed E-state index contributed by atoms with van der Waals surface area (Å²) >= 11 is 0. The molecule has 5 nitrogen and oxygen atoms in total. The highest BCUT2D eigenvalue weighted by molar-refractivity contribution is 6.29. The smallest absolute Gasteiger partial charge is 0.201 e. The Hall–Kier alpha value is -2.40. The van der Waals surface area contributed by atoms with Crippen LogP contribution in [0.1, 0.15) is 27.1 Å². The van der Waals surface area contributed by atoms with Crippen molar-refractivity contribution in [3.05, 3.63) is 52.3 Å². The molecule has 4 N–H and O–H groups in total. The van der Waals surface area contributed by atoms with E-state index in [9.17, 15) is 19.8 Å². The lowest BCUT2D eigenvalue weighted by molar-refractivity contribution is 0.0963. The lowest BCUT2D eigenvalue weighted by atomic mass is 9.78. The van der Waals surface area contributed by atoms with Gasteiger partial charge in [-0.15, -0.1) is 0 Å². The van der Waals surface area contributed by atoms with E-state index in [4.69, 9.17) is 5.73 Å². The van der Waals surface area contributed by atoms with Gasteiger partial charge in [0.2, 0.25) is 5.78 Å². The summed E-state index contributed by atoms with van der Waals surface area (Å²) < 4.78 is 0. The topological polar surface area (TPSA) is 101 Å². The third-order valence-electron chi connectivity index (χ3n) is 3.38. The Morgan fingerprint density at radius 3 is 2.63 bits per heavy atom. The van der Waals surface area contributed by atoms with Crippen molar-refractivity contribution >= 4 is 11.6 Å². The van der Waals surface area contributed by atoms with Gasteiger partial charge in [-0.05, 0) is 18.6 Å². The lowest BCUT2D eigenvalue weighted by Gasteiger charge is -2.25. The summed E-state index contributed by atoms with van der Waals surface area (Å²) in [5.41, 5.74) is 5.99. The second-order valence-corrected chi connectivity index (χ2v) is 4.63. The molecule has 0 spiro atoms. The van der Waals surface area contributed by atoms with Gasteiger partial charge in [-0.2, -0.15) is 0 Å². The number of Topliss-reactive ketones (excluding diaryl/α,β-unsaturated/α-hetero) is 2. The predicted octanol–water partition coefficient (Wildman–Crippen LogP) is 1.24. The first kappa shape index (κ1) is 11.7. The van der Waals surface area contributed by atoms with Crippen LogP contribution in [0.4, 0.5) is 0 Å². The van der Waals surface area contributed by atoms with Gasteiger partial charge in [0.1, 0.15) is 11.5 Å². The van der Waals surface area contributed by atoms with Crippen LogP contribution in [0, 0.1) is 0 Å². The Morgan fingerprint density at radius 2 is 1.89 bits per heavy atom. The fraction of sp³-hybridized carbons (Fsp3) is 0.143. The fourth-order valence-electron chi connectivity index (χ4n) is 2.55. The van der Waals surface area contributed by atoms with Crippen molar-refractivity contribution in [1.82, 2.24) is 0 Å². The molecule has 0 aliphatic heterocycles. The fourth-order valence-corrected chi connectivity index (χ4v) is 2.55. The molecule has 1 aromatic carbocycles. The van der Waals surface area contributed by atoms with E-state index in [0.717, 1.165) is 0 Å². The van der Waals surface area contributed by atoms with Gasteiger partial charge in [0.25, 0.3) is 0 Å². The van der Waals surface area contributed by atoms with Crippen LogP contribution < -0.4 is 5.73 Å². The third-order valence-corrected chi connectivity index (χ3v) is 3.38. The number of rotatable bonds is 0. The molecule has 1 atom stereocenters. The van der Waals surface area contributed by atoms with Crippen LogP contribution >= 0.6 is 0 Å². The van der Waals surface area contributed by atoms with Crippen molar-refractivity contribution < 1.29 is 19.8 Å². The zero-order valence-corrected chi connectivity index (χ0v) is 9.88. The summed E-state index contributed by atoms with van der Waals surface area (Å²) in [4.78, 5) is 24.6. The maximum absolute atomic E-state index is 12.3. The molecule has 1 unspecified atom stereocenters. The van der Waals surface area contributed by atoms with E-state index in [1.54, 1.807) is 0 Å². The first-order valence-corrected chi connectivity index (χ1v) is 5.82. The highest BCUT2D eigenvalue weighted by atomic mass is 16.3. The van der Waals surface area contributed by atoms with Crippen LogP contribution in [0.5, 0.6) is 5.75 Å². The zero-order valence-electron chi connectivity index (χ0n) is 9.88. The Morgan fingerprint density at radius 1 is 1.16 bits per heavy atom. The minimum absolute atomic E-state index is 0.0410. The van der Waals surface area contributed by atoms with Gasteiger partial charge in [-0.1, -0.05) is 12.1 Å². The first-order chi connectivity index (χ1) is 9.00. The lowest BCUT2D eigenvalue weighted by Crippen LogP contribution is -2.31. The Kier molecular flexibility index (Phi) is 2.33. The average molecular weight is 257 g/mol. The summed E-state index contributed by atoms with van der Waals surface area (Å²) in [6, 6.07) is 3.84. The number of hydrogen-bond donors (Lipinski definition) is 3. The SMILES string of the molecule is NC1C=C(O)C2=C(C1)C(=O)c1cccc(O)c1C2=O. The molecule has 0 aromatic heterocycles. The molecule has 3 rings (SSSR count). The van der Waals surface area contributed by atoms with Crippen LogP contribution in [0.25, 0.3) is 0 Å². The van der Waals surface area contributed by atoms with Crippen molar-refractivity contribution in [1.29, 1.82) is 0 Å². The van der Waals surface area contributed by atoms with Crippen LogP contribution in [-0.4, -0.2) is 27.8 Å². The number of nitrogens with two attached hydrogens (primary N) is 1. The summed E-state index contributed by atoms with van der Waals surface area (Å²) in [5, 5.41) is 19.6. The van der Waals surface area contributed by atoms with Crippen molar-refractivity contribution in [3.8, 4) is 5.75 Å². The monoisotopic (exact) mass is 257 g/mol. The molecule has 0 saturated carbocycles. The van der Waals surface area contributed by atoms with E-state index < -0.39 is 11.8 Å². The summed E-state index contributed by atoms with van der Waals surface area (Å²) in [5.74, 6) is -1.45. The van der Waals surface area contributed by atoms with Gasteiger partial charge in [0.05, 0.1) is 11.1 Å². The average Bonchev–Trinajstić information content (AvgIpc) is 2.34. The maximum atomic E-state index is 12.3. The van der Waals surface area contributed by atoms with Crippen molar-refractivity contribution in [3.63, 3.8) is 0 Å². The highest BCUT2D eigenvalue weighted by Crippen LogP contribution is 2.37. The molecule has 1 aromatic rings. The first-order valence-electron chi connectivity index (χ1n) is 5.82. The van der Waals surface area contributed by atoms with E-state index in [1.165, 1.54) is 24.3 Å². The summed E-state index contributed by atoms with van der Waals surface area (Å²) in [6.45, 7) is 0. The van der Waals surface area contributed by atoms with Gasteiger partial charge < -0.3 is 15.9 Å². The number of fused-ring (bicyclic) bond motifs is 1. The van der Waals surface area contributed by atoms with Gasteiger partial charge in [0, 0.05) is 17.2 Å². The van der Waals surface area contributed by atoms with E-state index in [-0.39, 0.29) is 46.0 Å². The molecule has 2 aliphatic rings. The molecule has 0 heterocycles. The number of carbonyl (C=O) groups excluding carboxylic acids is 2. The van der Waals surface area contributed by atoms with Gasteiger partial charge in [-0.3, -0.25) is 9.59 Å². The number of hydrogen-bond acceptors (Lipinski definition) is 5. The minimum atomic E-state index is -0.539. The number of phenols is 1. The number of ketones is 2. The Bertz CT molecular complexity index is 685. The molecular formula is C14H11NO4. The third kappa shape index (κ3) is 1.52. The predicted molar refractivity (Wildman–Crippen MR) is 67.1 cm³/mol. The number of phenolic OH excluding ortho intramolecular Hbond substituents is 1. The minimum Gasteiger partial charge on any atom is -0.507 e. The molecule has 0 fully saturated rings. The molecule has 19 heavy (non-hydrogen) atoms. The molecule has 0 amide bonds. The number of aliphatic hydroxyl groups excluding tert-OH is 1. The van der Waals surface area contributed by atoms with Crippen molar-refractivity contribution in [2.75, 3.05) is 0 Å². The maximum Gasteiger partial charge on any atom is 0.201 e. The largest absolute Gasteiger partial charge is 0.507 e. The molecule has 0 bridgehead atoms. The van der Waals surface area contributed by atoms with E-state index >= 15 is 0 Å². The van der Waals surface area contributed by atoms with Gasteiger partial charge in [-0.25, -0.2) is 0 Å². The normalized spacial score (nSPS) is 21.9. The van der Waals surface area contributed by atoms with E-state index in [1.807, 2.05) is 0 Å². The van der Waals surface area contributed by atoms with E-state index in [2.05, 4.69) is 0 Å². The molecule has 2 aliphatic carbocycles. The van der Waals surface area contributed by atoms with Crippen LogP contribution in [-0.2, 0) is 0 Å². The standard InChI is InChI=1S/C14H11NO4/c15-6-4-8-12(10(17)5-6)14(19)11-7(13(8)18)2-1-3-9(11)16/h1-3,5-6,16-17H,4,15H2. The van der Waals surface area contributed by atoms with Gasteiger partial charge >= 0.3 is 0 Å². The molecular weight excluding hydrogens is 246 g/mol. The van der Waals surface area contributed by atoms with Crippen molar-refractivity contribution in [2.24, 2.45) is 5.73 Å². The van der Waals surface area contributed by atoms with Crippen molar-refractivity contribution in [2.45, 2.75) is 12.5 Å². The molecule has 5 heteroatoms. The quantitative estimate of drug-likeness (QED) is 0.649. The number of benzene rings is 1. The number of carbonyl (C=O) groups is 2. The van der Waals surface area contributed by atoms with Crippen LogP contribution in [0.3, 0.4) is 0 Å². The summed E-state index contributed by atoms with van der Waals surface area (Å²) in [7, 11) is 0. The van der Waals surface area contributed by atoms with Gasteiger partial charge in [0.15, 0.2) is 5.78 Å². The second-order valence-electron chi connectivity index (χ2n) is 4.63. The Balaban J connectivity index is 2.28. The molecule has 0 saturated heterocycles. The van der Waals surface area contributed by atoms with E-state index in [0.29, 0.717) is 0 Å². The summed E-state index contributed by atoms with van der Waals surface area (Å²) in [6.07, 6.45) is 1.55. The van der Waals surface area contributed by atoms with Crippen LogP contribution in [0.2, 0.25) is 0 Å². The second kappa shape index (κ2) is 3.80.